The van der Waals surface area contributed by atoms with Crippen molar-refractivity contribution in [2.75, 3.05) is 13.3 Å². The number of halogens is 1. The zero-order valence-electron chi connectivity index (χ0n) is 10.5. The van der Waals surface area contributed by atoms with Crippen LogP contribution in [0.5, 0.6) is 11.5 Å². The first kappa shape index (κ1) is 11.8. The van der Waals surface area contributed by atoms with Gasteiger partial charge in [-0.15, -0.1) is 0 Å². The van der Waals surface area contributed by atoms with Crippen molar-refractivity contribution in [3.8, 4) is 11.5 Å². The third-order valence-electron chi connectivity index (χ3n) is 3.66. The van der Waals surface area contributed by atoms with E-state index in [-0.39, 0.29) is 6.79 Å². The Morgan fingerprint density at radius 2 is 2.33 bits per heavy atom. The summed E-state index contributed by atoms with van der Waals surface area (Å²) in [6.07, 6.45) is 2.29. The summed E-state index contributed by atoms with van der Waals surface area (Å²) in [4.78, 5) is 0. The Morgan fingerprint density at radius 1 is 1.44 bits per heavy atom. The van der Waals surface area contributed by atoms with Crippen molar-refractivity contribution in [3.05, 3.63) is 23.3 Å². The third kappa shape index (κ3) is 2.17. The van der Waals surface area contributed by atoms with Crippen LogP contribution >= 0.6 is 0 Å². The Morgan fingerprint density at radius 3 is 3.06 bits per heavy atom. The zero-order valence-corrected chi connectivity index (χ0v) is 10.5. The lowest BCUT2D eigenvalue weighted by atomic mass is 9.99. The zero-order chi connectivity index (χ0) is 12.5. The van der Waals surface area contributed by atoms with Crippen LogP contribution in [0.3, 0.4) is 0 Å². The first-order valence-electron chi connectivity index (χ1n) is 6.54. The van der Waals surface area contributed by atoms with Crippen molar-refractivity contribution in [3.63, 3.8) is 0 Å². The van der Waals surface area contributed by atoms with Gasteiger partial charge < -0.3 is 14.8 Å². The van der Waals surface area contributed by atoms with E-state index >= 15 is 0 Å². The van der Waals surface area contributed by atoms with Gasteiger partial charge in [0.2, 0.25) is 6.79 Å². The van der Waals surface area contributed by atoms with Crippen molar-refractivity contribution >= 4 is 0 Å². The summed E-state index contributed by atoms with van der Waals surface area (Å²) in [6.45, 7) is 2.86. The lowest BCUT2D eigenvalue weighted by Crippen LogP contribution is -2.23. The predicted molar refractivity (Wildman–Crippen MR) is 66.8 cm³/mol. The average molecular weight is 251 g/mol. The number of ether oxygens (including phenoxy) is 2. The summed E-state index contributed by atoms with van der Waals surface area (Å²) >= 11 is 0. The quantitative estimate of drug-likeness (QED) is 0.896. The Bertz CT molecular complexity index is 442. The monoisotopic (exact) mass is 251 g/mol. The first-order valence-corrected chi connectivity index (χ1v) is 6.54. The van der Waals surface area contributed by atoms with Crippen molar-refractivity contribution < 1.29 is 13.9 Å². The second-order valence-electron chi connectivity index (χ2n) is 5.03. The summed E-state index contributed by atoms with van der Waals surface area (Å²) in [6, 6.07) is 4.14. The molecule has 0 saturated carbocycles. The van der Waals surface area contributed by atoms with Gasteiger partial charge in [0.1, 0.15) is 6.17 Å². The Balaban J connectivity index is 1.90. The molecule has 2 unspecified atom stereocenters. The van der Waals surface area contributed by atoms with E-state index < -0.39 is 6.17 Å². The fourth-order valence-corrected chi connectivity index (χ4v) is 2.68. The molecule has 1 aromatic carbocycles. The normalized spacial score (nSPS) is 23.3. The van der Waals surface area contributed by atoms with E-state index in [2.05, 4.69) is 5.32 Å². The van der Waals surface area contributed by atoms with E-state index in [1.165, 1.54) is 12.8 Å². The fraction of sp³-hybridized carbons (Fsp3) is 0.571. The minimum atomic E-state index is -0.977. The number of fused-ring (bicyclic) bond motifs is 1. The van der Waals surface area contributed by atoms with Gasteiger partial charge in [-0.2, -0.15) is 0 Å². The molecule has 2 aliphatic rings. The molecule has 1 aromatic rings. The molecule has 3 rings (SSSR count). The smallest absolute Gasteiger partial charge is 0.231 e. The molecule has 18 heavy (non-hydrogen) atoms. The van der Waals surface area contributed by atoms with Gasteiger partial charge in [0.05, 0.1) is 0 Å². The predicted octanol–water partition coefficient (Wildman–Crippen LogP) is 2.74. The molecule has 4 heteroatoms. The molecule has 0 aromatic heterocycles. The summed E-state index contributed by atoms with van der Waals surface area (Å²) in [5.41, 5.74) is 1.73. The van der Waals surface area contributed by atoms with Gasteiger partial charge >= 0.3 is 0 Å². The SMILES string of the molecule is CC(F)c1cc(CC2CCCN2)c2c(c1)OCO2. The van der Waals surface area contributed by atoms with Crippen LogP contribution in [0.25, 0.3) is 0 Å². The van der Waals surface area contributed by atoms with E-state index in [0.29, 0.717) is 17.4 Å². The van der Waals surface area contributed by atoms with Crippen LogP contribution in [-0.2, 0) is 6.42 Å². The molecule has 2 heterocycles. The maximum absolute atomic E-state index is 13.5. The van der Waals surface area contributed by atoms with E-state index in [9.17, 15) is 4.39 Å². The average Bonchev–Trinajstić information content (AvgIpc) is 2.98. The topological polar surface area (TPSA) is 30.5 Å². The van der Waals surface area contributed by atoms with Crippen LogP contribution in [-0.4, -0.2) is 19.4 Å². The Labute approximate surface area is 106 Å². The van der Waals surface area contributed by atoms with Gasteiger partial charge in [-0.3, -0.25) is 0 Å². The summed E-state index contributed by atoms with van der Waals surface area (Å²) in [7, 11) is 0. The Hall–Kier alpha value is -1.29. The number of hydrogen-bond donors (Lipinski definition) is 1. The molecule has 1 N–H and O–H groups in total. The molecular weight excluding hydrogens is 233 g/mol. The number of hydrogen-bond acceptors (Lipinski definition) is 3. The van der Waals surface area contributed by atoms with Gasteiger partial charge in [0.15, 0.2) is 11.5 Å². The molecule has 3 nitrogen and oxygen atoms in total. The fourth-order valence-electron chi connectivity index (χ4n) is 2.68. The van der Waals surface area contributed by atoms with Crippen molar-refractivity contribution in [2.24, 2.45) is 0 Å². The largest absolute Gasteiger partial charge is 0.454 e. The van der Waals surface area contributed by atoms with Crippen LogP contribution in [0.2, 0.25) is 0 Å². The highest BCUT2D eigenvalue weighted by Gasteiger charge is 2.24. The molecule has 0 bridgehead atoms. The van der Waals surface area contributed by atoms with Crippen LogP contribution in [0.15, 0.2) is 12.1 Å². The highest BCUT2D eigenvalue weighted by Crippen LogP contribution is 2.39. The minimum Gasteiger partial charge on any atom is -0.454 e. The number of rotatable bonds is 3. The van der Waals surface area contributed by atoms with E-state index in [1.54, 1.807) is 13.0 Å². The van der Waals surface area contributed by atoms with Gasteiger partial charge in [-0.1, -0.05) is 0 Å². The lowest BCUT2D eigenvalue weighted by molar-refractivity contribution is 0.173. The van der Waals surface area contributed by atoms with Crippen LogP contribution in [0.4, 0.5) is 4.39 Å². The number of benzene rings is 1. The van der Waals surface area contributed by atoms with Crippen LogP contribution in [0, 0.1) is 0 Å². The standard InChI is InChI=1S/C14H18FNO2/c1-9(15)10-5-11(6-12-3-2-4-16-12)14-13(7-10)17-8-18-14/h5,7,9,12,16H,2-4,6,8H2,1H3. The number of alkyl halides is 1. The molecule has 0 radical (unpaired) electrons. The highest BCUT2D eigenvalue weighted by atomic mass is 19.1. The second kappa shape index (κ2) is 4.76. The highest BCUT2D eigenvalue weighted by molar-refractivity contribution is 5.51. The molecule has 2 atom stereocenters. The van der Waals surface area contributed by atoms with Crippen LogP contribution < -0.4 is 14.8 Å². The summed E-state index contributed by atoms with van der Waals surface area (Å²) < 4.78 is 24.4. The van der Waals surface area contributed by atoms with E-state index in [1.807, 2.05) is 6.07 Å². The van der Waals surface area contributed by atoms with E-state index in [4.69, 9.17) is 9.47 Å². The van der Waals surface area contributed by atoms with Gasteiger partial charge in [-0.25, -0.2) is 4.39 Å². The van der Waals surface area contributed by atoms with Gasteiger partial charge in [0, 0.05) is 11.6 Å². The number of nitrogens with one attached hydrogen (secondary N) is 1. The molecule has 0 spiro atoms. The first-order chi connectivity index (χ1) is 8.74. The van der Waals surface area contributed by atoms with Crippen molar-refractivity contribution in [1.29, 1.82) is 0 Å². The van der Waals surface area contributed by atoms with Crippen molar-refractivity contribution in [2.45, 2.75) is 38.4 Å². The van der Waals surface area contributed by atoms with Crippen LogP contribution in [0.1, 0.15) is 37.1 Å². The van der Waals surface area contributed by atoms with Gasteiger partial charge in [-0.05, 0) is 50.4 Å². The molecular formula is C14H18FNO2. The molecule has 1 fully saturated rings. The maximum Gasteiger partial charge on any atom is 0.231 e. The Kier molecular flexibility index (Phi) is 3.12. The summed E-state index contributed by atoms with van der Waals surface area (Å²) in [5, 5.41) is 3.45. The van der Waals surface area contributed by atoms with Crippen molar-refractivity contribution in [1.82, 2.24) is 5.32 Å². The van der Waals surface area contributed by atoms with E-state index in [0.717, 1.165) is 24.3 Å². The molecule has 1 saturated heterocycles. The lowest BCUT2D eigenvalue weighted by Gasteiger charge is -2.14. The van der Waals surface area contributed by atoms with Gasteiger partial charge in [0.25, 0.3) is 0 Å². The second-order valence-corrected chi connectivity index (χ2v) is 5.03. The minimum absolute atomic E-state index is 0.241. The molecule has 98 valence electrons. The molecule has 0 aliphatic carbocycles. The molecule has 2 aliphatic heterocycles. The third-order valence-corrected chi connectivity index (χ3v) is 3.66. The summed E-state index contributed by atoms with van der Waals surface area (Å²) in [5.74, 6) is 1.48. The molecule has 0 amide bonds. The maximum atomic E-state index is 13.5.